The molecule has 10 aromatic rings. The second-order valence-corrected chi connectivity index (χ2v) is 20.1. The van der Waals surface area contributed by atoms with Crippen LogP contribution in [-0.2, 0) is 36.5 Å². The van der Waals surface area contributed by atoms with E-state index in [1.54, 1.807) is 72.0 Å². The highest BCUT2D eigenvalue weighted by atomic mass is 35.5. The average Bonchev–Trinajstić information content (AvgIpc) is 3.53. The molecule has 0 spiro atoms. The molecule has 6 aromatic carbocycles. The summed E-state index contributed by atoms with van der Waals surface area (Å²) in [5, 5.41) is 28.7. The zero-order valence-electron chi connectivity index (χ0n) is 42.1. The van der Waals surface area contributed by atoms with Crippen molar-refractivity contribution in [3.05, 3.63) is 220 Å². The van der Waals surface area contributed by atoms with Gasteiger partial charge in [0.2, 0.25) is 0 Å². The minimum Gasteiger partial charge on any atom is -0.480 e. The first kappa shape index (κ1) is 54.4. The van der Waals surface area contributed by atoms with Crippen LogP contribution in [0.3, 0.4) is 0 Å². The monoisotopic (exact) mass is 1120 g/mol. The zero-order chi connectivity index (χ0) is 55.7. The van der Waals surface area contributed by atoms with Crippen LogP contribution in [0.4, 0.5) is 0 Å². The van der Waals surface area contributed by atoms with E-state index in [1.165, 1.54) is 24.3 Å². The Morgan fingerprint density at radius 2 is 0.833 bits per heavy atom. The lowest BCUT2D eigenvalue weighted by molar-refractivity contribution is -0.140. The zero-order valence-corrected chi connectivity index (χ0v) is 45.1. The lowest BCUT2D eigenvalue weighted by Crippen LogP contribution is -2.42. The van der Waals surface area contributed by atoms with Crippen molar-refractivity contribution in [1.29, 1.82) is 0 Å². The Morgan fingerprint density at radius 3 is 1.19 bits per heavy atom. The lowest BCUT2D eigenvalue weighted by Gasteiger charge is -2.18. The first-order chi connectivity index (χ1) is 37.4. The summed E-state index contributed by atoms with van der Waals surface area (Å²) in [5.41, 5.74) is 7.88. The maximum atomic E-state index is 13.5. The molecule has 0 fully saturated rings. The van der Waals surface area contributed by atoms with Gasteiger partial charge in [-0.25, -0.2) is 9.59 Å². The van der Waals surface area contributed by atoms with Gasteiger partial charge in [-0.2, -0.15) is 0 Å². The number of fused-ring (bicyclic) bond motifs is 4. The molecular formula is C60H46Cl4N6O8. The van der Waals surface area contributed by atoms with Crippen molar-refractivity contribution in [3.63, 3.8) is 0 Å². The summed E-state index contributed by atoms with van der Waals surface area (Å²) in [7, 11) is 3.49. The Labute approximate surface area is 465 Å². The van der Waals surface area contributed by atoms with Crippen molar-refractivity contribution >= 4 is 114 Å². The summed E-state index contributed by atoms with van der Waals surface area (Å²) in [4.78, 5) is 86.2. The number of rotatable bonds is 12. The summed E-state index contributed by atoms with van der Waals surface area (Å²) in [6, 6.07) is 36.5. The molecule has 0 bridgehead atoms. The fraction of sp³-hybridized carbons (Fsp3) is 0.133. The molecule has 0 aliphatic carbocycles. The molecule has 0 aliphatic rings. The van der Waals surface area contributed by atoms with Gasteiger partial charge in [0.1, 0.15) is 12.1 Å². The number of hydrogen-bond donors (Lipinski definition) is 4. The van der Waals surface area contributed by atoms with Gasteiger partial charge in [-0.05, 0) is 95.8 Å². The fourth-order valence-electron chi connectivity index (χ4n) is 9.90. The summed E-state index contributed by atoms with van der Waals surface area (Å²) >= 11 is 24.6. The number of halogens is 4. The maximum absolute atomic E-state index is 13.5. The Morgan fingerprint density at radius 1 is 0.487 bits per heavy atom. The fourth-order valence-corrected chi connectivity index (χ4v) is 11.0. The van der Waals surface area contributed by atoms with E-state index in [4.69, 9.17) is 46.4 Å². The van der Waals surface area contributed by atoms with Gasteiger partial charge in [-0.1, -0.05) is 131 Å². The number of benzene rings is 6. The van der Waals surface area contributed by atoms with E-state index in [9.17, 15) is 39.0 Å². The third-order valence-electron chi connectivity index (χ3n) is 13.8. The highest BCUT2D eigenvalue weighted by Crippen LogP contribution is 2.36. The third-order valence-corrected chi connectivity index (χ3v) is 15.1. The molecule has 0 unspecified atom stereocenters. The molecule has 14 nitrogen and oxygen atoms in total. The minimum atomic E-state index is -1.28. The lowest BCUT2D eigenvalue weighted by atomic mass is 9.92. The van der Waals surface area contributed by atoms with Gasteiger partial charge in [0.05, 0.1) is 64.4 Å². The number of nitrogens with one attached hydrogen (secondary N) is 2. The van der Waals surface area contributed by atoms with Gasteiger partial charge in [0, 0.05) is 60.9 Å². The summed E-state index contributed by atoms with van der Waals surface area (Å²) in [5.74, 6) is -3.83. The van der Waals surface area contributed by atoms with E-state index in [2.05, 4.69) is 20.6 Å². The number of carbonyl (C=O) groups excluding carboxylic acids is 2. The number of carboxylic acids is 2. The van der Waals surface area contributed by atoms with E-state index in [1.807, 2.05) is 86.6 Å². The van der Waals surface area contributed by atoms with E-state index in [0.29, 0.717) is 55.2 Å². The summed E-state index contributed by atoms with van der Waals surface area (Å²) in [6.45, 7) is 3.84. The van der Waals surface area contributed by atoms with Gasteiger partial charge in [0.15, 0.2) is 0 Å². The molecular weight excluding hydrogens is 1070 g/mol. The predicted molar refractivity (Wildman–Crippen MR) is 307 cm³/mol. The Kier molecular flexibility index (Phi) is 15.8. The smallest absolute Gasteiger partial charge is 0.326 e. The van der Waals surface area contributed by atoms with Crippen LogP contribution >= 0.6 is 46.4 Å². The van der Waals surface area contributed by atoms with Crippen LogP contribution in [-0.4, -0.2) is 65.2 Å². The van der Waals surface area contributed by atoms with Crippen molar-refractivity contribution < 1.29 is 29.4 Å². The molecule has 4 aromatic heterocycles. The number of para-hydroxylation sites is 2. The van der Waals surface area contributed by atoms with Crippen LogP contribution in [0.1, 0.15) is 43.0 Å². The van der Waals surface area contributed by atoms with Crippen molar-refractivity contribution in [2.75, 3.05) is 0 Å². The Hall–Kier alpha value is -8.40. The van der Waals surface area contributed by atoms with Crippen molar-refractivity contribution in [2.45, 2.75) is 38.8 Å². The van der Waals surface area contributed by atoms with Crippen LogP contribution in [0.5, 0.6) is 0 Å². The van der Waals surface area contributed by atoms with E-state index in [-0.39, 0.29) is 55.2 Å². The summed E-state index contributed by atoms with van der Waals surface area (Å²) < 4.78 is 3.26. The number of pyridine rings is 4. The van der Waals surface area contributed by atoms with E-state index >= 15 is 0 Å². The number of aliphatic carboxylic acids is 2. The Bertz CT molecular complexity index is 3930. The molecule has 0 saturated heterocycles. The average molecular weight is 1120 g/mol. The minimum absolute atomic E-state index is 0.00744. The van der Waals surface area contributed by atoms with Gasteiger partial charge < -0.3 is 30.0 Å². The number of aryl methyl sites for hydroxylation is 4. The highest BCUT2D eigenvalue weighted by Gasteiger charge is 2.28. The normalized spacial score (nSPS) is 12.0. The molecule has 78 heavy (non-hydrogen) atoms. The van der Waals surface area contributed by atoms with E-state index < -0.39 is 35.8 Å². The largest absolute Gasteiger partial charge is 0.480 e. The topological polar surface area (TPSA) is 203 Å². The number of nitrogens with zero attached hydrogens (tertiary/aromatic N) is 4. The maximum Gasteiger partial charge on any atom is 0.326 e. The highest BCUT2D eigenvalue weighted by molar-refractivity contribution is 6.40. The first-order valence-corrected chi connectivity index (χ1v) is 25.7. The van der Waals surface area contributed by atoms with Gasteiger partial charge in [-0.3, -0.25) is 29.1 Å². The van der Waals surface area contributed by atoms with Crippen LogP contribution < -0.4 is 21.8 Å². The van der Waals surface area contributed by atoms with Crippen LogP contribution in [0.2, 0.25) is 20.1 Å². The van der Waals surface area contributed by atoms with Crippen molar-refractivity contribution in [2.24, 2.45) is 14.1 Å². The molecule has 0 radical (unpaired) electrons. The SMILES string of the molecule is Cc1c(-c2ccc(C[C@H](NC(=O)c3c(Cl)cccc3Cl)C(=O)O)c3ncccc23)c(=O)n(C)c2ccccc12.Cc1c(-c2ccc(C[C@H](NC(=O)c3c(Cl)cccc3Cl)C(=O)O)c3ncccc23)c(=O)n(C)c2ccccc12. The molecule has 0 saturated carbocycles. The summed E-state index contributed by atoms with van der Waals surface area (Å²) in [6.07, 6.45) is 3.12. The molecule has 0 aliphatic heterocycles. The number of aromatic nitrogens is 4. The Balaban J connectivity index is 0.000000190. The van der Waals surface area contributed by atoms with Gasteiger partial charge >= 0.3 is 11.9 Å². The number of hydrogen-bond acceptors (Lipinski definition) is 8. The molecule has 10 rings (SSSR count). The van der Waals surface area contributed by atoms with Crippen LogP contribution in [0, 0.1) is 13.8 Å². The van der Waals surface area contributed by atoms with Crippen molar-refractivity contribution in [3.8, 4) is 22.3 Å². The second-order valence-electron chi connectivity index (χ2n) is 18.4. The third kappa shape index (κ3) is 10.4. The molecule has 2 amide bonds. The number of amides is 2. The predicted octanol–water partition coefficient (Wildman–Crippen LogP) is 11.6. The molecule has 18 heteroatoms. The molecule has 392 valence electrons. The standard InChI is InChI=1S/2C30H23Cl2N3O4/c2*1-16-18-7-3-4-11-24(18)35(2)29(37)25(16)19-13-12-17(27-20(19)8-6-14-33-27)15-23(30(38)39)34-28(36)26-21(31)9-5-10-22(26)32/h2*3-14,23H,15H2,1-2H3,(H,34,36)(H,38,39)/t2*23-/m00/s1. The van der Waals surface area contributed by atoms with Gasteiger partial charge in [-0.15, -0.1) is 0 Å². The molecule has 4 heterocycles. The number of carbonyl (C=O) groups is 4. The van der Waals surface area contributed by atoms with E-state index in [0.717, 1.165) is 32.9 Å². The van der Waals surface area contributed by atoms with Gasteiger partial charge in [0.25, 0.3) is 22.9 Å². The van der Waals surface area contributed by atoms with Crippen LogP contribution in [0.25, 0.3) is 65.9 Å². The first-order valence-electron chi connectivity index (χ1n) is 24.2. The number of carboxylic acid groups (broad SMARTS) is 2. The quantitative estimate of drug-likeness (QED) is 0.0911. The van der Waals surface area contributed by atoms with Crippen LogP contribution in [0.15, 0.2) is 155 Å². The molecule has 4 N–H and O–H groups in total. The second kappa shape index (κ2) is 22.7. The van der Waals surface area contributed by atoms with Crippen molar-refractivity contribution in [1.82, 2.24) is 29.7 Å². The molecule has 2 atom stereocenters.